The van der Waals surface area contributed by atoms with Crippen LogP contribution in [0.3, 0.4) is 0 Å². The molecule has 2 heterocycles. The zero-order chi connectivity index (χ0) is 17.6. The second-order valence-electron chi connectivity index (χ2n) is 6.56. The van der Waals surface area contributed by atoms with Crippen molar-refractivity contribution in [3.8, 4) is 5.75 Å². The van der Waals surface area contributed by atoms with E-state index < -0.39 is 0 Å². The smallest absolute Gasteiger partial charge is 0.238 e. The van der Waals surface area contributed by atoms with Crippen molar-refractivity contribution in [3.63, 3.8) is 0 Å². The SMILES string of the molecule is COc1cccc(NC(=O)CN2CCC(c3ccc(C)nc3)CC2)c1. The minimum Gasteiger partial charge on any atom is -0.497 e. The van der Waals surface area contributed by atoms with E-state index in [9.17, 15) is 4.79 Å². The lowest BCUT2D eigenvalue weighted by Gasteiger charge is -2.31. The van der Waals surface area contributed by atoms with Gasteiger partial charge >= 0.3 is 0 Å². The van der Waals surface area contributed by atoms with Crippen LogP contribution in [0, 0.1) is 6.92 Å². The number of anilines is 1. The summed E-state index contributed by atoms with van der Waals surface area (Å²) in [6.07, 6.45) is 4.12. The standard InChI is InChI=1S/C20H25N3O2/c1-15-6-7-17(13-21-15)16-8-10-23(11-9-16)14-20(24)22-18-4-3-5-19(12-18)25-2/h3-7,12-13,16H,8-11,14H2,1-2H3,(H,22,24). The number of aryl methyl sites for hydroxylation is 1. The van der Waals surface area contributed by atoms with Crippen molar-refractivity contribution in [2.75, 3.05) is 32.1 Å². The van der Waals surface area contributed by atoms with Gasteiger partial charge in [-0.1, -0.05) is 12.1 Å². The Bertz CT molecular complexity index is 707. The third-order valence-electron chi connectivity index (χ3n) is 4.71. The highest BCUT2D eigenvalue weighted by molar-refractivity contribution is 5.92. The molecule has 1 aromatic carbocycles. The number of rotatable bonds is 5. The molecular weight excluding hydrogens is 314 g/mol. The Hall–Kier alpha value is -2.40. The van der Waals surface area contributed by atoms with Crippen LogP contribution in [-0.2, 0) is 4.79 Å². The van der Waals surface area contributed by atoms with Gasteiger partial charge in [-0.05, 0) is 62.5 Å². The number of nitrogens with one attached hydrogen (secondary N) is 1. The van der Waals surface area contributed by atoms with Gasteiger partial charge < -0.3 is 10.1 Å². The average Bonchev–Trinajstić information content (AvgIpc) is 2.63. The molecule has 0 radical (unpaired) electrons. The molecule has 0 atom stereocenters. The molecule has 1 aliphatic heterocycles. The Balaban J connectivity index is 1.48. The lowest BCUT2D eigenvalue weighted by Crippen LogP contribution is -2.38. The molecule has 3 rings (SSSR count). The van der Waals surface area contributed by atoms with Crippen LogP contribution in [0.5, 0.6) is 5.75 Å². The van der Waals surface area contributed by atoms with Crippen LogP contribution >= 0.6 is 0 Å². The molecule has 1 N–H and O–H groups in total. The van der Waals surface area contributed by atoms with E-state index in [2.05, 4.69) is 27.3 Å². The highest BCUT2D eigenvalue weighted by Crippen LogP contribution is 2.27. The molecule has 0 aliphatic carbocycles. The summed E-state index contributed by atoms with van der Waals surface area (Å²) in [4.78, 5) is 18.9. The first-order valence-corrected chi connectivity index (χ1v) is 8.73. The van der Waals surface area contributed by atoms with Gasteiger partial charge in [-0.3, -0.25) is 14.7 Å². The predicted molar refractivity (Wildman–Crippen MR) is 99.0 cm³/mol. The number of benzene rings is 1. The second kappa shape index (κ2) is 8.12. The maximum absolute atomic E-state index is 12.3. The Morgan fingerprint density at radius 1 is 1.28 bits per heavy atom. The van der Waals surface area contributed by atoms with Crippen molar-refractivity contribution in [1.29, 1.82) is 0 Å². The number of methoxy groups -OCH3 is 1. The molecular formula is C20H25N3O2. The maximum atomic E-state index is 12.3. The number of hydrogen-bond donors (Lipinski definition) is 1. The van der Waals surface area contributed by atoms with Crippen LogP contribution in [-0.4, -0.2) is 42.5 Å². The Morgan fingerprint density at radius 2 is 2.08 bits per heavy atom. The van der Waals surface area contributed by atoms with Gasteiger partial charge in [0, 0.05) is 23.6 Å². The van der Waals surface area contributed by atoms with Crippen LogP contribution in [0.25, 0.3) is 0 Å². The van der Waals surface area contributed by atoms with E-state index in [0.717, 1.165) is 43.1 Å². The fourth-order valence-corrected chi connectivity index (χ4v) is 3.25. The van der Waals surface area contributed by atoms with Crippen molar-refractivity contribution in [2.45, 2.75) is 25.7 Å². The molecule has 132 valence electrons. The molecule has 1 saturated heterocycles. The van der Waals surface area contributed by atoms with Gasteiger partial charge in [-0.25, -0.2) is 0 Å². The van der Waals surface area contributed by atoms with Crippen LogP contribution in [0.2, 0.25) is 0 Å². The molecule has 0 unspecified atom stereocenters. The number of hydrogen-bond acceptors (Lipinski definition) is 4. The number of piperidine rings is 1. The van der Waals surface area contributed by atoms with E-state index in [4.69, 9.17) is 4.74 Å². The van der Waals surface area contributed by atoms with Crippen molar-refractivity contribution in [2.24, 2.45) is 0 Å². The quantitative estimate of drug-likeness (QED) is 0.909. The predicted octanol–water partition coefficient (Wildman–Crippen LogP) is 3.22. The first-order chi connectivity index (χ1) is 12.1. The fraction of sp³-hybridized carbons (Fsp3) is 0.400. The normalized spacial score (nSPS) is 15.8. The number of nitrogens with zero attached hydrogens (tertiary/aromatic N) is 2. The summed E-state index contributed by atoms with van der Waals surface area (Å²) in [5, 5.41) is 2.94. The van der Waals surface area contributed by atoms with Gasteiger partial charge in [0.2, 0.25) is 5.91 Å². The molecule has 25 heavy (non-hydrogen) atoms. The van der Waals surface area contributed by atoms with E-state index in [1.165, 1.54) is 5.56 Å². The van der Waals surface area contributed by atoms with Crippen molar-refractivity contribution in [1.82, 2.24) is 9.88 Å². The first kappa shape index (κ1) is 17.4. The summed E-state index contributed by atoms with van der Waals surface area (Å²) >= 11 is 0. The number of ether oxygens (including phenoxy) is 1. The van der Waals surface area contributed by atoms with Crippen molar-refractivity contribution < 1.29 is 9.53 Å². The monoisotopic (exact) mass is 339 g/mol. The molecule has 5 nitrogen and oxygen atoms in total. The third-order valence-corrected chi connectivity index (χ3v) is 4.71. The number of pyridine rings is 1. The number of aromatic nitrogens is 1. The Morgan fingerprint density at radius 3 is 2.76 bits per heavy atom. The van der Waals surface area contributed by atoms with E-state index >= 15 is 0 Å². The molecule has 1 fully saturated rings. The highest BCUT2D eigenvalue weighted by atomic mass is 16.5. The third kappa shape index (κ3) is 4.79. The average molecular weight is 339 g/mol. The van der Waals surface area contributed by atoms with Gasteiger partial charge in [0.15, 0.2) is 0 Å². The van der Waals surface area contributed by atoms with Gasteiger partial charge in [-0.2, -0.15) is 0 Å². The summed E-state index contributed by atoms with van der Waals surface area (Å²) in [5.74, 6) is 1.31. The first-order valence-electron chi connectivity index (χ1n) is 8.73. The minimum atomic E-state index is 0.0173. The zero-order valence-corrected chi connectivity index (χ0v) is 14.9. The molecule has 5 heteroatoms. The van der Waals surface area contributed by atoms with Crippen LogP contribution in [0.4, 0.5) is 5.69 Å². The lowest BCUT2D eigenvalue weighted by molar-refractivity contribution is -0.117. The van der Waals surface area contributed by atoms with E-state index in [-0.39, 0.29) is 5.91 Å². The van der Waals surface area contributed by atoms with Crippen molar-refractivity contribution >= 4 is 11.6 Å². The number of carbonyl (C=O) groups excluding carboxylic acids is 1. The summed E-state index contributed by atoms with van der Waals surface area (Å²) in [6, 6.07) is 11.7. The molecule has 1 aliphatic rings. The topological polar surface area (TPSA) is 54.5 Å². The fourth-order valence-electron chi connectivity index (χ4n) is 3.25. The summed E-state index contributed by atoms with van der Waals surface area (Å²) in [6.45, 7) is 4.30. The highest BCUT2D eigenvalue weighted by Gasteiger charge is 2.22. The number of carbonyl (C=O) groups is 1. The summed E-state index contributed by atoms with van der Waals surface area (Å²) in [7, 11) is 1.62. The molecule has 1 amide bonds. The zero-order valence-electron chi connectivity index (χ0n) is 14.9. The maximum Gasteiger partial charge on any atom is 0.238 e. The van der Waals surface area contributed by atoms with Gasteiger partial charge in [0.1, 0.15) is 5.75 Å². The number of likely N-dealkylation sites (tertiary alicyclic amines) is 1. The van der Waals surface area contributed by atoms with Crippen LogP contribution < -0.4 is 10.1 Å². The van der Waals surface area contributed by atoms with E-state index in [1.807, 2.05) is 37.4 Å². The molecule has 0 saturated carbocycles. The van der Waals surface area contributed by atoms with E-state index in [1.54, 1.807) is 7.11 Å². The summed E-state index contributed by atoms with van der Waals surface area (Å²) < 4.78 is 5.18. The second-order valence-corrected chi connectivity index (χ2v) is 6.56. The summed E-state index contributed by atoms with van der Waals surface area (Å²) in [5.41, 5.74) is 3.13. The number of amides is 1. The molecule has 1 aromatic heterocycles. The van der Waals surface area contributed by atoms with Gasteiger partial charge in [-0.15, -0.1) is 0 Å². The van der Waals surface area contributed by atoms with Crippen LogP contribution in [0.15, 0.2) is 42.6 Å². The van der Waals surface area contributed by atoms with Crippen LogP contribution in [0.1, 0.15) is 30.0 Å². The largest absolute Gasteiger partial charge is 0.497 e. The van der Waals surface area contributed by atoms with Gasteiger partial charge in [0.05, 0.1) is 13.7 Å². The Kier molecular flexibility index (Phi) is 5.66. The van der Waals surface area contributed by atoms with E-state index in [0.29, 0.717) is 12.5 Å². The van der Waals surface area contributed by atoms with Gasteiger partial charge in [0.25, 0.3) is 0 Å². The molecule has 2 aromatic rings. The van der Waals surface area contributed by atoms with Crippen molar-refractivity contribution in [3.05, 3.63) is 53.9 Å². The lowest BCUT2D eigenvalue weighted by atomic mass is 9.90. The molecule has 0 bridgehead atoms. The molecule has 0 spiro atoms. The minimum absolute atomic E-state index is 0.0173. The Labute approximate surface area is 149 Å².